The van der Waals surface area contributed by atoms with Gasteiger partial charge in [0.15, 0.2) is 6.29 Å². The average Bonchev–Trinajstić information content (AvgIpc) is 2.61. The lowest BCUT2D eigenvalue weighted by Crippen LogP contribution is -2.66. The number of carbonyl (C=O) groups excluding carboxylic acids is 1. The topological polar surface area (TPSA) is 239 Å². The van der Waals surface area contributed by atoms with Gasteiger partial charge in [-0.1, -0.05) is 0 Å². The first-order valence-corrected chi connectivity index (χ1v) is 9.70. The van der Waals surface area contributed by atoms with Crippen LogP contribution in [0.2, 0.25) is 0 Å². The Morgan fingerprint density at radius 2 is 1.83 bits per heavy atom. The van der Waals surface area contributed by atoms with Crippen molar-refractivity contribution in [2.75, 3.05) is 6.61 Å². The minimum absolute atomic E-state index is 0.687. The quantitative estimate of drug-likeness (QED) is 0.179. The number of aliphatic hydroxyl groups is 4. The van der Waals surface area contributed by atoms with Gasteiger partial charge in [0.1, 0.15) is 36.6 Å². The smallest absolute Gasteiger partial charge is 0.397 e. The van der Waals surface area contributed by atoms with Crippen LogP contribution >= 0.6 is 0 Å². The monoisotopic (exact) mass is 459 g/mol. The van der Waals surface area contributed by atoms with Crippen LogP contribution in [-0.4, -0.2) is 106 Å². The summed E-state index contributed by atoms with van der Waals surface area (Å²) in [6.45, 7) is 0.0779. The Morgan fingerprint density at radius 1 is 1.20 bits per heavy atom. The molecule has 0 spiro atoms. The molecule has 8 atom stereocenters. The highest BCUT2D eigenvalue weighted by atomic mass is 32.3. The van der Waals surface area contributed by atoms with Crippen molar-refractivity contribution in [1.82, 2.24) is 5.32 Å². The Labute approximate surface area is 169 Å². The summed E-state index contributed by atoms with van der Waals surface area (Å²) in [5.74, 6) is -3.07. The summed E-state index contributed by atoms with van der Waals surface area (Å²) in [6.07, 6.45) is -11.8. The van der Waals surface area contributed by atoms with Gasteiger partial charge in [0.2, 0.25) is 18.0 Å². The number of nitrogens with one attached hydrogen (secondary N) is 1. The highest BCUT2D eigenvalue weighted by molar-refractivity contribution is 7.80. The van der Waals surface area contributed by atoms with Crippen molar-refractivity contribution in [3.63, 3.8) is 0 Å². The summed E-state index contributed by atoms with van der Waals surface area (Å²) in [7, 11) is -4.96. The Hall–Kier alpha value is -1.89. The van der Waals surface area contributed by atoms with E-state index in [-0.39, 0.29) is 0 Å². The van der Waals surface area contributed by atoms with Crippen molar-refractivity contribution in [2.45, 2.75) is 56.1 Å². The number of ether oxygens (including phenoxy) is 3. The van der Waals surface area contributed by atoms with Gasteiger partial charge in [0.05, 0.1) is 6.61 Å². The molecule has 2 heterocycles. The fourth-order valence-electron chi connectivity index (χ4n) is 2.81. The molecule has 0 aromatic heterocycles. The Kier molecular flexibility index (Phi) is 7.72. The van der Waals surface area contributed by atoms with Crippen molar-refractivity contribution in [2.24, 2.45) is 0 Å². The predicted molar refractivity (Wildman–Crippen MR) is 89.5 cm³/mol. The van der Waals surface area contributed by atoms with Crippen molar-refractivity contribution >= 4 is 22.3 Å². The molecule has 172 valence electrons. The number of hydrogen-bond donors (Lipinski definition) is 7. The molecule has 15 nitrogen and oxygen atoms in total. The number of rotatable bonds is 7. The average molecular weight is 459 g/mol. The van der Waals surface area contributed by atoms with Crippen LogP contribution in [-0.2, 0) is 38.4 Å². The summed E-state index contributed by atoms with van der Waals surface area (Å²) in [4.78, 5) is 22.4. The van der Waals surface area contributed by atoms with Crippen molar-refractivity contribution in [3.8, 4) is 0 Å². The number of hydrogen-bond acceptors (Lipinski definition) is 12. The molecule has 2 aliphatic heterocycles. The molecular formula is C14H21NO14S. The summed E-state index contributed by atoms with van der Waals surface area (Å²) in [5.41, 5.74) is 0. The highest BCUT2D eigenvalue weighted by Gasteiger charge is 2.49. The standard InChI is InChI=1S/C14H21NO14S/c1-4(16)15-8-10(19)11(7(27-13(8)22)3-26-30(23,24)25)29-14-9(18)5(17)2-6(28-14)12(20)21/h2,5,7-11,13-14,17-19,22H,3H2,1H3,(H,15,16)(H,20,21)(H,23,24,25)/t5-,7+,8+,9+,10+,11-,13+,14-/m0/s1. The van der Waals surface area contributed by atoms with Crippen LogP contribution in [0.1, 0.15) is 6.92 Å². The third-order valence-electron chi connectivity index (χ3n) is 4.14. The molecule has 0 saturated carbocycles. The maximum atomic E-state index is 11.3. The van der Waals surface area contributed by atoms with Crippen LogP contribution < -0.4 is 5.32 Å². The maximum absolute atomic E-state index is 11.3. The first-order valence-electron chi connectivity index (χ1n) is 8.34. The van der Waals surface area contributed by atoms with Crippen molar-refractivity contribution in [1.29, 1.82) is 0 Å². The Morgan fingerprint density at radius 3 is 2.37 bits per heavy atom. The second-order valence-corrected chi connectivity index (χ2v) is 7.49. The molecule has 0 aliphatic carbocycles. The van der Waals surface area contributed by atoms with Crippen LogP contribution in [0.5, 0.6) is 0 Å². The van der Waals surface area contributed by atoms with Crippen LogP contribution in [0, 0.1) is 0 Å². The lowest BCUT2D eigenvalue weighted by atomic mass is 9.96. The van der Waals surface area contributed by atoms with E-state index >= 15 is 0 Å². The van der Waals surface area contributed by atoms with Gasteiger partial charge in [-0.2, -0.15) is 8.42 Å². The van der Waals surface area contributed by atoms with E-state index in [0.717, 1.165) is 6.92 Å². The summed E-state index contributed by atoms with van der Waals surface area (Å²) in [5, 5.41) is 51.5. The zero-order valence-corrected chi connectivity index (χ0v) is 16.1. The normalized spacial score (nSPS) is 37.1. The number of aliphatic carboxylic acids is 1. The molecule has 0 unspecified atom stereocenters. The van der Waals surface area contributed by atoms with Gasteiger partial charge in [0.25, 0.3) is 0 Å². The number of carboxylic acid groups (broad SMARTS) is 1. The molecule has 0 bridgehead atoms. The molecular weight excluding hydrogens is 438 g/mol. The second kappa shape index (κ2) is 9.50. The molecule has 1 fully saturated rings. The van der Waals surface area contributed by atoms with Crippen molar-refractivity contribution in [3.05, 3.63) is 11.8 Å². The van der Waals surface area contributed by atoms with E-state index in [1.165, 1.54) is 0 Å². The first kappa shape index (κ1) is 24.4. The van der Waals surface area contributed by atoms with Crippen LogP contribution in [0.25, 0.3) is 0 Å². The molecule has 30 heavy (non-hydrogen) atoms. The van der Waals surface area contributed by atoms with Gasteiger partial charge >= 0.3 is 16.4 Å². The molecule has 16 heteroatoms. The number of carboxylic acids is 1. The van der Waals surface area contributed by atoms with Gasteiger partial charge in [-0.15, -0.1) is 0 Å². The zero-order valence-electron chi connectivity index (χ0n) is 15.3. The first-order chi connectivity index (χ1) is 13.8. The van der Waals surface area contributed by atoms with E-state index in [2.05, 4.69) is 9.50 Å². The van der Waals surface area contributed by atoms with E-state index in [1.54, 1.807) is 0 Å². The van der Waals surface area contributed by atoms with Gasteiger partial charge in [0, 0.05) is 6.92 Å². The van der Waals surface area contributed by atoms with E-state index in [4.69, 9.17) is 23.9 Å². The van der Waals surface area contributed by atoms with Crippen LogP contribution in [0.15, 0.2) is 11.8 Å². The molecule has 2 aliphatic rings. The maximum Gasteiger partial charge on any atom is 0.397 e. The Bertz CT molecular complexity index is 784. The number of amides is 1. The van der Waals surface area contributed by atoms with E-state index in [9.17, 15) is 38.4 Å². The summed E-state index contributed by atoms with van der Waals surface area (Å²) in [6, 6.07) is -1.49. The number of carbonyl (C=O) groups is 2. The summed E-state index contributed by atoms with van der Waals surface area (Å²) < 4.78 is 49.9. The lowest BCUT2D eigenvalue weighted by molar-refractivity contribution is -0.306. The molecule has 0 radical (unpaired) electrons. The van der Waals surface area contributed by atoms with E-state index in [0.29, 0.717) is 6.08 Å². The molecule has 0 aromatic rings. The van der Waals surface area contributed by atoms with Gasteiger partial charge < -0.3 is 45.1 Å². The minimum Gasteiger partial charge on any atom is -0.475 e. The second-order valence-electron chi connectivity index (χ2n) is 6.40. The molecule has 0 aromatic carbocycles. The van der Waals surface area contributed by atoms with Gasteiger partial charge in [-0.25, -0.2) is 8.98 Å². The van der Waals surface area contributed by atoms with E-state index in [1.807, 2.05) is 0 Å². The van der Waals surface area contributed by atoms with Crippen LogP contribution in [0.3, 0.4) is 0 Å². The highest BCUT2D eigenvalue weighted by Crippen LogP contribution is 2.28. The molecule has 1 amide bonds. The summed E-state index contributed by atoms with van der Waals surface area (Å²) >= 11 is 0. The SMILES string of the molecule is CC(=O)N[C@@H]1[C@@H](O)[C@@H](O[C@@H]2OC(C(=O)O)=C[C@H](O)[C@H]2O)[C@@H](COS(=O)(=O)O)O[C@H]1O. The fourth-order valence-corrected chi connectivity index (χ4v) is 3.12. The van der Waals surface area contributed by atoms with Crippen LogP contribution in [0.4, 0.5) is 0 Å². The third-order valence-corrected chi connectivity index (χ3v) is 4.57. The fraction of sp³-hybridized carbons (Fsp3) is 0.714. The van der Waals surface area contributed by atoms with Gasteiger partial charge in [-0.05, 0) is 6.08 Å². The predicted octanol–water partition coefficient (Wildman–Crippen LogP) is -4.18. The molecule has 2 rings (SSSR count). The largest absolute Gasteiger partial charge is 0.475 e. The molecule has 7 N–H and O–H groups in total. The van der Waals surface area contributed by atoms with Gasteiger partial charge in [-0.3, -0.25) is 9.35 Å². The molecule has 1 saturated heterocycles. The van der Waals surface area contributed by atoms with Crippen molar-refractivity contribution < 1.29 is 66.5 Å². The minimum atomic E-state index is -4.96. The number of aliphatic hydroxyl groups excluding tert-OH is 4. The zero-order chi connectivity index (χ0) is 22.8. The lowest BCUT2D eigenvalue weighted by Gasteiger charge is -2.44. The Balaban J connectivity index is 2.27. The third kappa shape index (κ3) is 6.06. The van der Waals surface area contributed by atoms with E-state index < -0.39 is 83.8 Å².